The summed E-state index contributed by atoms with van der Waals surface area (Å²) in [6.45, 7) is 4.29. The van der Waals surface area contributed by atoms with Gasteiger partial charge in [0, 0.05) is 36.4 Å². The van der Waals surface area contributed by atoms with E-state index in [1.54, 1.807) is 11.8 Å². The summed E-state index contributed by atoms with van der Waals surface area (Å²) >= 11 is 5.25. The van der Waals surface area contributed by atoms with Crippen molar-refractivity contribution in [2.75, 3.05) is 39.0 Å². The maximum absolute atomic E-state index is 4.42. The highest BCUT2D eigenvalue weighted by Crippen LogP contribution is 2.20. The minimum absolute atomic E-state index is 0.896. The summed E-state index contributed by atoms with van der Waals surface area (Å²) in [5.74, 6) is 0.896. The van der Waals surface area contributed by atoms with Gasteiger partial charge in [0.25, 0.3) is 0 Å². The molecule has 0 N–H and O–H groups in total. The number of hydrogen-bond donors (Lipinski definition) is 0. The molecule has 0 spiro atoms. The monoisotopic (exact) mass is 352 g/mol. The molecule has 2 aliphatic heterocycles. The third kappa shape index (κ3) is 3.24. The van der Waals surface area contributed by atoms with E-state index in [9.17, 15) is 0 Å². The first-order chi connectivity index (χ1) is 9.72. The molecule has 3 rings (SSSR count). The van der Waals surface area contributed by atoms with Crippen molar-refractivity contribution in [2.24, 2.45) is 10.2 Å². The number of piperazine rings is 1. The van der Waals surface area contributed by atoms with Gasteiger partial charge in [0.05, 0.1) is 5.71 Å². The zero-order valence-electron chi connectivity index (χ0n) is 11.4. The minimum Gasteiger partial charge on any atom is -0.347 e. The van der Waals surface area contributed by atoms with Crippen molar-refractivity contribution in [1.29, 1.82) is 0 Å². The van der Waals surface area contributed by atoms with E-state index in [0.717, 1.165) is 52.8 Å². The predicted molar refractivity (Wildman–Crippen MR) is 89.6 cm³/mol. The summed E-state index contributed by atoms with van der Waals surface area (Å²) in [6.07, 6.45) is 0. The summed E-state index contributed by atoms with van der Waals surface area (Å²) in [7, 11) is 2.16. The summed E-state index contributed by atoms with van der Waals surface area (Å²) < 4.78 is 1.09. The molecule has 1 fully saturated rings. The van der Waals surface area contributed by atoms with Crippen molar-refractivity contribution in [1.82, 2.24) is 9.80 Å². The Balaban J connectivity index is 1.71. The smallest absolute Gasteiger partial charge is 0.186 e. The quantitative estimate of drug-likeness (QED) is 0.778. The normalized spacial score (nSPS) is 20.6. The van der Waals surface area contributed by atoms with Crippen LogP contribution in [0.2, 0.25) is 0 Å². The van der Waals surface area contributed by atoms with Crippen LogP contribution in [0.1, 0.15) is 5.56 Å². The van der Waals surface area contributed by atoms with E-state index < -0.39 is 0 Å². The molecule has 0 unspecified atom stereocenters. The van der Waals surface area contributed by atoms with Gasteiger partial charge in [0.2, 0.25) is 0 Å². The lowest BCUT2D eigenvalue weighted by atomic mass is 10.1. The van der Waals surface area contributed by atoms with Crippen LogP contribution in [0.25, 0.3) is 0 Å². The number of benzene rings is 1. The fraction of sp³-hybridized carbons (Fsp3) is 0.429. The van der Waals surface area contributed by atoms with Crippen LogP contribution in [-0.2, 0) is 0 Å². The second-order valence-corrected chi connectivity index (χ2v) is 6.87. The van der Waals surface area contributed by atoms with Gasteiger partial charge in [-0.1, -0.05) is 39.8 Å². The molecule has 0 saturated carbocycles. The Morgan fingerprint density at radius 2 is 1.75 bits per heavy atom. The molecule has 0 aliphatic carbocycles. The second kappa shape index (κ2) is 6.28. The van der Waals surface area contributed by atoms with Crippen LogP contribution in [0.4, 0.5) is 0 Å². The summed E-state index contributed by atoms with van der Waals surface area (Å²) in [5.41, 5.74) is 2.21. The Hall–Kier alpha value is -0.850. The number of thioether (sulfide) groups is 1. The molecular weight excluding hydrogens is 336 g/mol. The van der Waals surface area contributed by atoms with Gasteiger partial charge in [0.15, 0.2) is 5.17 Å². The molecule has 0 amide bonds. The van der Waals surface area contributed by atoms with Gasteiger partial charge in [0.1, 0.15) is 0 Å². The molecule has 106 valence electrons. The zero-order valence-corrected chi connectivity index (χ0v) is 13.8. The minimum atomic E-state index is 0.896. The lowest BCUT2D eigenvalue weighted by Crippen LogP contribution is -2.46. The molecule has 0 bridgehead atoms. The van der Waals surface area contributed by atoms with Crippen molar-refractivity contribution < 1.29 is 0 Å². The van der Waals surface area contributed by atoms with Gasteiger partial charge in [-0.15, -0.1) is 5.10 Å². The van der Waals surface area contributed by atoms with E-state index in [4.69, 9.17) is 0 Å². The van der Waals surface area contributed by atoms with E-state index in [-0.39, 0.29) is 0 Å². The standard InChI is InChI=1S/C14H17BrN4S/c1-18-6-8-19(9-7-18)14-17-16-13(10-20-14)11-2-4-12(15)5-3-11/h2-5H,6-10H2,1H3. The number of rotatable bonds is 1. The third-order valence-electron chi connectivity index (χ3n) is 3.55. The number of nitrogens with zero attached hydrogens (tertiary/aromatic N) is 4. The average Bonchev–Trinajstić information content (AvgIpc) is 2.49. The molecule has 0 aromatic heterocycles. The van der Waals surface area contributed by atoms with Crippen molar-refractivity contribution in [3.8, 4) is 0 Å². The number of amidine groups is 1. The van der Waals surface area contributed by atoms with E-state index in [1.165, 1.54) is 0 Å². The molecule has 2 heterocycles. The first kappa shape index (κ1) is 14.1. The SMILES string of the molecule is CN1CCN(C2=NN=C(c3ccc(Br)cc3)CS2)CC1. The molecule has 0 radical (unpaired) electrons. The number of likely N-dealkylation sites (N-methyl/N-ethyl adjacent to an activating group) is 1. The van der Waals surface area contributed by atoms with E-state index in [1.807, 2.05) is 12.1 Å². The molecule has 1 aromatic rings. The van der Waals surface area contributed by atoms with Crippen LogP contribution < -0.4 is 0 Å². The van der Waals surface area contributed by atoms with Crippen molar-refractivity contribution in [3.63, 3.8) is 0 Å². The van der Waals surface area contributed by atoms with E-state index >= 15 is 0 Å². The Morgan fingerprint density at radius 1 is 1.05 bits per heavy atom. The summed E-state index contributed by atoms with van der Waals surface area (Å²) in [5, 5.41) is 9.91. The Labute approximate surface area is 132 Å². The van der Waals surface area contributed by atoms with Gasteiger partial charge in [-0.3, -0.25) is 0 Å². The molecule has 2 aliphatic rings. The molecule has 4 nitrogen and oxygen atoms in total. The Morgan fingerprint density at radius 3 is 2.35 bits per heavy atom. The first-order valence-electron chi connectivity index (χ1n) is 6.69. The highest BCUT2D eigenvalue weighted by molar-refractivity contribution is 9.10. The Kier molecular flexibility index (Phi) is 4.43. The maximum atomic E-state index is 4.42. The molecule has 20 heavy (non-hydrogen) atoms. The van der Waals surface area contributed by atoms with Crippen LogP contribution in [0.15, 0.2) is 38.9 Å². The van der Waals surface area contributed by atoms with Crippen molar-refractivity contribution >= 4 is 38.6 Å². The van der Waals surface area contributed by atoms with Crippen LogP contribution in [0.3, 0.4) is 0 Å². The average molecular weight is 353 g/mol. The van der Waals surface area contributed by atoms with Crippen LogP contribution in [0.5, 0.6) is 0 Å². The van der Waals surface area contributed by atoms with Gasteiger partial charge in [-0.2, -0.15) is 5.10 Å². The van der Waals surface area contributed by atoms with Crippen LogP contribution >= 0.6 is 27.7 Å². The van der Waals surface area contributed by atoms with Crippen LogP contribution in [-0.4, -0.2) is 59.7 Å². The molecule has 1 saturated heterocycles. The van der Waals surface area contributed by atoms with Gasteiger partial charge in [-0.25, -0.2) is 0 Å². The van der Waals surface area contributed by atoms with E-state index in [2.05, 4.69) is 55.1 Å². The van der Waals surface area contributed by atoms with Crippen molar-refractivity contribution in [2.45, 2.75) is 0 Å². The number of hydrogen-bond acceptors (Lipinski definition) is 5. The molecule has 1 aromatic carbocycles. The topological polar surface area (TPSA) is 31.2 Å². The fourth-order valence-corrected chi connectivity index (χ4v) is 3.45. The van der Waals surface area contributed by atoms with E-state index in [0.29, 0.717) is 0 Å². The lowest BCUT2D eigenvalue weighted by Gasteiger charge is -2.34. The Bertz CT molecular complexity index is 533. The van der Waals surface area contributed by atoms with Gasteiger partial charge >= 0.3 is 0 Å². The lowest BCUT2D eigenvalue weighted by molar-refractivity contribution is 0.218. The maximum Gasteiger partial charge on any atom is 0.186 e. The van der Waals surface area contributed by atoms with Gasteiger partial charge < -0.3 is 9.80 Å². The van der Waals surface area contributed by atoms with Crippen LogP contribution in [0, 0.1) is 0 Å². The summed E-state index contributed by atoms with van der Waals surface area (Å²) in [4.78, 5) is 4.69. The molecular formula is C14H17BrN4S. The largest absolute Gasteiger partial charge is 0.347 e. The van der Waals surface area contributed by atoms with Gasteiger partial charge in [-0.05, 0) is 24.7 Å². The molecule has 6 heteroatoms. The highest BCUT2D eigenvalue weighted by atomic mass is 79.9. The second-order valence-electron chi connectivity index (χ2n) is 5.02. The summed E-state index contributed by atoms with van der Waals surface area (Å²) in [6, 6.07) is 8.25. The highest BCUT2D eigenvalue weighted by Gasteiger charge is 2.21. The van der Waals surface area contributed by atoms with Crippen molar-refractivity contribution in [3.05, 3.63) is 34.3 Å². The molecule has 0 atom stereocenters. The zero-order chi connectivity index (χ0) is 13.9. The first-order valence-corrected chi connectivity index (χ1v) is 8.47. The fourth-order valence-electron chi connectivity index (χ4n) is 2.23. The third-order valence-corrected chi connectivity index (χ3v) is 5.09. The predicted octanol–water partition coefficient (Wildman–Crippen LogP) is 2.50. The number of halogens is 1.